The fourth-order valence-electron chi connectivity index (χ4n) is 4.15. The summed E-state index contributed by atoms with van der Waals surface area (Å²) < 4.78 is 0. The second-order valence-corrected chi connectivity index (χ2v) is 8.26. The predicted molar refractivity (Wildman–Crippen MR) is 138 cm³/mol. The van der Waals surface area contributed by atoms with Crippen molar-refractivity contribution in [3.8, 4) is 0 Å². The third-order valence-corrected chi connectivity index (χ3v) is 6.13. The van der Waals surface area contributed by atoms with E-state index < -0.39 is 0 Å². The average Bonchev–Trinajstić information content (AvgIpc) is 2.81. The molecule has 4 rings (SSSR count). The second-order valence-electron chi connectivity index (χ2n) is 8.26. The fraction of sp³-hybridized carbons (Fsp3) is 0.522. The molecule has 0 saturated carbocycles. The van der Waals surface area contributed by atoms with Crippen molar-refractivity contribution in [1.29, 1.82) is 0 Å². The van der Waals surface area contributed by atoms with Crippen LogP contribution in [0, 0.1) is 5.92 Å². The maximum absolute atomic E-state index is 4.71. The second kappa shape index (κ2) is 11.5. The molecule has 0 aliphatic carbocycles. The Morgan fingerprint density at radius 1 is 0.968 bits per heavy atom. The van der Waals surface area contributed by atoms with Gasteiger partial charge in [0.15, 0.2) is 5.96 Å². The largest absolute Gasteiger partial charge is 0.357 e. The summed E-state index contributed by atoms with van der Waals surface area (Å²) in [4.78, 5) is 20.7. The molecule has 0 radical (unpaired) electrons. The molecule has 0 aromatic carbocycles. The number of anilines is 2. The van der Waals surface area contributed by atoms with Gasteiger partial charge >= 0.3 is 0 Å². The molecule has 2 fully saturated rings. The summed E-state index contributed by atoms with van der Waals surface area (Å²) in [5.74, 6) is 3.93. The highest BCUT2D eigenvalue weighted by atomic mass is 127. The maximum atomic E-state index is 4.71. The number of piperazine rings is 1. The summed E-state index contributed by atoms with van der Waals surface area (Å²) in [5, 5.41) is 3.50. The molecule has 8 heteroatoms. The number of aliphatic imine (C=N–C) groups is 1. The first kappa shape index (κ1) is 23.6. The van der Waals surface area contributed by atoms with Gasteiger partial charge in [-0.2, -0.15) is 0 Å². The summed E-state index contributed by atoms with van der Waals surface area (Å²) in [6.45, 7) is 9.06. The van der Waals surface area contributed by atoms with Gasteiger partial charge in [-0.3, -0.25) is 4.99 Å². The number of nitrogens with one attached hydrogen (secondary N) is 1. The van der Waals surface area contributed by atoms with Gasteiger partial charge < -0.3 is 20.0 Å². The van der Waals surface area contributed by atoms with Crippen molar-refractivity contribution in [1.82, 2.24) is 20.2 Å². The zero-order valence-corrected chi connectivity index (χ0v) is 20.9. The van der Waals surface area contributed by atoms with Crippen molar-refractivity contribution in [2.45, 2.75) is 26.3 Å². The SMILES string of the molecule is CN=C(NCc1ccc(N2CCC(C)CC2)nc1)N1CCN(c2ccccn2)CC1.I. The lowest BCUT2D eigenvalue weighted by Crippen LogP contribution is -2.52. The van der Waals surface area contributed by atoms with Gasteiger partial charge in [0.2, 0.25) is 0 Å². The molecule has 168 valence electrons. The molecule has 2 aliphatic rings. The van der Waals surface area contributed by atoms with Crippen LogP contribution >= 0.6 is 24.0 Å². The van der Waals surface area contributed by atoms with Crippen LogP contribution < -0.4 is 15.1 Å². The Bertz CT molecular complexity index is 812. The van der Waals surface area contributed by atoms with Crippen LogP contribution in [0.3, 0.4) is 0 Å². The van der Waals surface area contributed by atoms with E-state index in [1.165, 1.54) is 18.4 Å². The number of halogens is 1. The van der Waals surface area contributed by atoms with Crippen LogP contribution in [0.1, 0.15) is 25.3 Å². The lowest BCUT2D eigenvalue weighted by molar-refractivity contribution is 0.371. The van der Waals surface area contributed by atoms with Crippen LogP contribution in [0.2, 0.25) is 0 Å². The summed E-state index contributed by atoms with van der Waals surface area (Å²) >= 11 is 0. The van der Waals surface area contributed by atoms with Crippen LogP contribution in [0.4, 0.5) is 11.6 Å². The molecular formula is C23H34IN7. The first-order chi connectivity index (χ1) is 14.7. The molecule has 2 aliphatic heterocycles. The molecule has 31 heavy (non-hydrogen) atoms. The van der Waals surface area contributed by atoms with Crippen molar-refractivity contribution >= 4 is 41.6 Å². The molecular weight excluding hydrogens is 501 g/mol. The van der Waals surface area contributed by atoms with E-state index in [1.54, 1.807) is 0 Å². The Balaban J connectivity index is 0.00000272. The van der Waals surface area contributed by atoms with Gasteiger partial charge in [-0.15, -0.1) is 24.0 Å². The van der Waals surface area contributed by atoms with Crippen molar-refractivity contribution < 1.29 is 0 Å². The molecule has 0 unspecified atom stereocenters. The van der Waals surface area contributed by atoms with E-state index in [0.717, 1.165) is 69.3 Å². The lowest BCUT2D eigenvalue weighted by Gasteiger charge is -2.37. The minimum atomic E-state index is 0. The molecule has 0 amide bonds. The first-order valence-corrected chi connectivity index (χ1v) is 11.0. The van der Waals surface area contributed by atoms with E-state index in [2.05, 4.69) is 55.1 Å². The van der Waals surface area contributed by atoms with Gasteiger partial charge in [0.05, 0.1) is 0 Å². The molecule has 0 atom stereocenters. The highest BCUT2D eigenvalue weighted by Gasteiger charge is 2.20. The van der Waals surface area contributed by atoms with Crippen LogP contribution in [0.5, 0.6) is 0 Å². The molecule has 4 heterocycles. The molecule has 2 aromatic heterocycles. The number of pyridine rings is 2. The molecule has 2 saturated heterocycles. The smallest absolute Gasteiger partial charge is 0.194 e. The minimum absolute atomic E-state index is 0. The van der Waals surface area contributed by atoms with E-state index >= 15 is 0 Å². The van der Waals surface area contributed by atoms with Crippen LogP contribution in [0.15, 0.2) is 47.7 Å². The van der Waals surface area contributed by atoms with Crippen molar-refractivity contribution in [3.05, 3.63) is 48.3 Å². The normalized spacial score (nSPS) is 18.0. The zero-order valence-electron chi connectivity index (χ0n) is 18.6. The number of hydrogen-bond donors (Lipinski definition) is 1. The van der Waals surface area contributed by atoms with Crippen molar-refractivity contribution in [2.24, 2.45) is 10.9 Å². The highest BCUT2D eigenvalue weighted by molar-refractivity contribution is 14.0. The van der Waals surface area contributed by atoms with E-state index in [0.29, 0.717) is 0 Å². The molecule has 7 nitrogen and oxygen atoms in total. The standard InChI is InChI=1S/C23H33N7.HI/c1-19-8-11-28(12-9-19)22-7-6-20(17-26-22)18-27-23(24-2)30-15-13-29(14-16-30)21-5-3-4-10-25-21;/h3-7,10,17,19H,8-9,11-16,18H2,1-2H3,(H,24,27);1H. The highest BCUT2D eigenvalue weighted by Crippen LogP contribution is 2.21. The topological polar surface area (TPSA) is 59.9 Å². The molecule has 1 N–H and O–H groups in total. The number of rotatable bonds is 4. The number of hydrogen-bond acceptors (Lipinski definition) is 5. The number of nitrogens with zero attached hydrogens (tertiary/aromatic N) is 6. The van der Waals surface area contributed by atoms with Gasteiger partial charge in [0.25, 0.3) is 0 Å². The summed E-state index contributed by atoms with van der Waals surface area (Å²) in [6.07, 6.45) is 6.36. The van der Waals surface area contributed by atoms with Crippen LogP contribution in [-0.4, -0.2) is 67.1 Å². The summed E-state index contributed by atoms with van der Waals surface area (Å²) in [6, 6.07) is 10.4. The Morgan fingerprint density at radius 3 is 2.29 bits per heavy atom. The molecule has 0 bridgehead atoms. The zero-order chi connectivity index (χ0) is 20.8. The Morgan fingerprint density at radius 2 is 1.68 bits per heavy atom. The van der Waals surface area contributed by atoms with E-state index in [1.807, 2.05) is 31.6 Å². The molecule has 0 spiro atoms. The van der Waals surface area contributed by atoms with Crippen LogP contribution in [-0.2, 0) is 6.54 Å². The third-order valence-electron chi connectivity index (χ3n) is 6.13. The van der Waals surface area contributed by atoms with Gasteiger partial charge in [-0.25, -0.2) is 9.97 Å². The minimum Gasteiger partial charge on any atom is -0.357 e. The maximum Gasteiger partial charge on any atom is 0.194 e. The van der Waals surface area contributed by atoms with Gasteiger partial charge in [0.1, 0.15) is 11.6 Å². The third kappa shape index (κ3) is 6.21. The number of piperidine rings is 1. The quantitative estimate of drug-likeness (QED) is 0.369. The van der Waals surface area contributed by atoms with Crippen molar-refractivity contribution in [3.63, 3.8) is 0 Å². The van der Waals surface area contributed by atoms with Gasteiger partial charge in [0, 0.05) is 65.3 Å². The first-order valence-electron chi connectivity index (χ1n) is 11.0. The fourth-order valence-corrected chi connectivity index (χ4v) is 4.15. The van der Waals surface area contributed by atoms with E-state index in [-0.39, 0.29) is 24.0 Å². The lowest BCUT2D eigenvalue weighted by atomic mass is 9.99. The summed E-state index contributed by atoms with van der Waals surface area (Å²) in [5.41, 5.74) is 1.18. The Labute approximate surface area is 203 Å². The van der Waals surface area contributed by atoms with Crippen LogP contribution in [0.25, 0.3) is 0 Å². The van der Waals surface area contributed by atoms with Gasteiger partial charge in [-0.05, 0) is 42.5 Å². The van der Waals surface area contributed by atoms with Crippen molar-refractivity contribution in [2.75, 3.05) is 56.1 Å². The van der Waals surface area contributed by atoms with E-state index in [9.17, 15) is 0 Å². The Kier molecular flexibility index (Phi) is 8.74. The van der Waals surface area contributed by atoms with E-state index in [4.69, 9.17) is 4.98 Å². The monoisotopic (exact) mass is 535 g/mol. The number of aromatic nitrogens is 2. The predicted octanol–water partition coefficient (Wildman–Crippen LogP) is 3.23. The van der Waals surface area contributed by atoms with Gasteiger partial charge in [-0.1, -0.05) is 19.1 Å². The average molecular weight is 535 g/mol. The number of guanidine groups is 1. The Hall–Kier alpha value is -2.10. The molecule has 2 aromatic rings. The summed E-state index contributed by atoms with van der Waals surface area (Å²) in [7, 11) is 1.85.